The van der Waals surface area contributed by atoms with Gasteiger partial charge in [0.2, 0.25) is 0 Å². The SMILES string of the molecule is CC1CCCN(CC(O)COc2cccc([N+](=O)[O-])c2)C1. The van der Waals surface area contributed by atoms with Gasteiger partial charge in [-0.1, -0.05) is 13.0 Å². The summed E-state index contributed by atoms with van der Waals surface area (Å²) in [5.41, 5.74) is -0.00755. The molecule has 0 aromatic heterocycles. The molecule has 1 N–H and O–H groups in total. The summed E-state index contributed by atoms with van der Waals surface area (Å²) in [6.07, 6.45) is 1.82. The van der Waals surface area contributed by atoms with Crippen molar-refractivity contribution in [3.63, 3.8) is 0 Å². The Labute approximate surface area is 124 Å². The van der Waals surface area contributed by atoms with E-state index in [-0.39, 0.29) is 12.3 Å². The van der Waals surface area contributed by atoms with E-state index in [1.807, 2.05) is 0 Å². The number of nitro benzene ring substituents is 1. The van der Waals surface area contributed by atoms with Crippen LogP contribution >= 0.6 is 0 Å². The first-order valence-electron chi connectivity index (χ1n) is 7.32. The van der Waals surface area contributed by atoms with Crippen LogP contribution in [0.2, 0.25) is 0 Å². The molecule has 2 atom stereocenters. The van der Waals surface area contributed by atoms with Crippen molar-refractivity contribution in [3.05, 3.63) is 34.4 Å². The second kappa shape index (κ2) is 7.38. The average Bonchev–Trinajstić information content (AvgIpc) is 2.45. The number of nitro groups is 1. The topological polar surface area (TPSA) is 75.8 Å². The minimum absolute atomic E-state index is 0.00755. The van der Waals surface area contributed by atoms with Gasteiger partial charge in [0.25, 0.3) is 5.69 Å². The normalized spacial score (nSPS) is 21.0. The van der Waals surface area contributed by atoms with Crippen molar-refractivity contribution in [1.82, 2.24) is 4.90 Å². The molecule has 6 nitrogen and oxygen atoms in total. The molecule has 0 spiro atoms. The molecule has 1 aromatic rings. The van der Waals surface area contributed by atoms with Crippen molar-refractivity contribution in [3.8, 4) is 5.75 Å². The van der Waals surface area contributed by atoms with Gasteiger partial charge in [0.1, 0.15) is 18.5 Å². The summed E-state index contributed by atoms with van der Waals surface area (Å²) in [6, 6.07) is 6.02. The lowest BCUT2D eigenvalue weighted by Gasteiger charge is -2.32. The number of rotatable bonds is 6. The summed E-state index contributed by atoms with van der Waals surface area (Å²) in [7, 11) is 0. The first kappa shape index (κ1) is 15.7. The van der Waals surface area contributed by atoms with Crippen LogP contribution in [0, 0.1) is 16.0 Å². The molecule has 21 heavy (non-hydrogen) atoms. The zero-order valence-electron chi connectivity index (χ0n) is 12.3. The fourth-order valence-electron chi connectivity index (χ4n) is 2.68. The molecule has 116 valence electrons. The molecule has 1 aromatic carbocycles. The van der Waals surface area contributed by atoms with Gasteiger partial charge in [-0.3, -0.25) is 10.1 Å². The van der Waals surface area contributed by atoms with Gasteiger partial charge in [0.05, 0.1) is 11.0 Å². The molecule has 2 rings (SSSR count). The van der Waals surface area contributed by atoms with Crippen LogP contribution in [0.5, 0.6) is 5.75 Å². The first-order chi connectivity index (χ1) is 10.0. The van der Waals surface area contributed by atoms with E-state index in [4.69, 9.17) is 4.74 Å². The van der Waals surface area contributed by atoms with Crippen LogP contribution in [0.4, 0.5) is 5.69 Å². The van der Waals surface area contributed by atoms with Gasteiger partial charge < -0.3 is 14.7 Å². The lowest BCUT2D eigenvalue weighted by atomic mass is 10.0. The zero-order chi connectivity index (χ0) is 15.2. The third kappa shape index (κ3) is 4.99. The summed E-state index contributed by atoms with van der Waals surface area (Å²) in [4.78, 5) is 12.5. The Bertz CT molecular complexity index is 480. The Balaban J connectivity index is 1.79. The average molecular weight is 294 g/mol. The van der Waals surface area contributed by atoms with E-state index >= 15 is 0 Å². The van der Waals surface area contributed by atoms with Crippen molar-refractivity contribution in [2.45, 2.75) is 25.9 Å². The number of aliphatic hydroxyl groups is 1. The second-order valence-corrected chi connectivity index (χ2v) is 5.73. The van der Waals surface area contributed by atoms with Gasteiger partial charge in [-0.2, -0.15) is 0 Å². The number of benzene rings is 1. The third-order valence-electron chi connectivity index (χ3n) is 3.68. The number of hydrogen-bond acceptors (Lipinski definition) is 5. The van der Waals surface area contributed by atoms with Gasteiger partial charge in [-0.15, -0.1) is 0 Å². The smallest absolute Gasteiger partial charge is 0.273 e. The van der Waals surface area contributed by atoms with Crippen molar-refractivity contribution >= 4 is 5.69 Å². The summed E-state index contributed by atoms with van der Waals surface area (Å²) < 4.78 is 5.45. The number of aliphatic hydroxyl groups excluding tert-OH is 1. The van der Waals surface area contributed by atoms with Gasteiger partial charge in [-0.25, -0.2) is 0 Å². The maximum absolute atomic E-state index is 10.7. The molecule has 1 saturated heterocycles. The van der Waals surface area contributed by atoms with Crippen LogP contribution in [-0.2, 0) is 0 Å². The molecule has 0 saturated carbocycles. The van der Waals surface area contributed by atoms with E-state index in [9.17, 15) is 15.2 Å². The van der Waals surface area contributed by atoms with E-state index < -0.39 is 11.0 Å². The number of hydrogen-bond donors (Lipinski definition) is 1. The molecule has 6 heteroatoms. The lowest BCUT2D eigenvalue weighted by Crippen LogP contribution is -2.41. The van der Waals surface area contributed by atoms with Crippen LogP contribution < -0.4 is 4.74 Å². The van der Waals surface area contributed by atoms with E-state index in [0.29, 0.717) is 18.2 Å². The minimum atomic E-state index is -0.588. The van der Waals surface area contributed by atoms with Gasteiger partial charge >= 0.3 is 0 Å². The molecular weight excluding hydrogens is 272 g/mol. The van der Waals surface area contributed by atoms with Crippen LogP contribution in [0.1, 0.15) is 19.8 Å². The monoisotopic (exact) mass is 294 g/mol. The van der Waals surface area contributed by atoms with Crippen molar-refractivity contribution in [1.29, 1.82) is 0 Å². The Hall–Kier alpha value is -1.66. The predicted octanol–water partition coefficient (Wildman–Crippen LogP) is 2.07. The van der Waals surface area contributed by atoms with Crippen molar-refractivity contribution in [2.24, 2.45) is 5.92 Å². The minimum Gasteiger partial charge on any atom is -0.491 e. The quantitative estimate of drug-likeness (QED) is 0.642. The standard InChI is InChI=1S/C15H22N2O4/c1-12-4-3-7-16(9-12)10-14(18)11-21-15-6-2-5-13(8-15)17(19)20/h2,5-6,8,12,14,18H,3-4,7,9-11H2,1H3. The Morgan fingerprint density at radius 3 is 3.10 bits per heavy atom. The number of non-ortho nitro benzene ring substituents is 1. The maximum Gasteiger partial charge on any atom is 0.273 e. The predicted molar refractivity (Wildman–Crippen MR) is 79.4 cm³/mol. The Kier molecular flexibility index (Phi) is 5.52. The molecule has 1 aliphatic heterocycles. The third-order valence-corrected chi connectivity index (χ3v) is 3.68. The summed E-state index contributed by atoms with van der Waals surface area (Å²) in [5, 5.41) is 20.7. The summed E-state index contributed by atoms with van der Waals surface area (Å²) in [5.74, 6) is 1.08. The van der Waals surface area contributed by atoms with Gasteiger partial charge in [0, 0.05) is 19.2 Å². The Morgan fingerprint density at radius 2 is 2.38 bits per heavy atom. The highest BCUT2D eigenvalue weighted by atomic mass is 16.6. The van der Waals surface area contributed by atoms with Crippen LogP contribution in [-0.4, -0.2) is 47.3 Å². The van der Waals surface area contributed by atoms with Crippen LogP contribution in [0.25, 0.3) is 0 Å². The molecule has 0 aliphatic carbocycles. The molecule has 1 heterocycles. The molecule has 0 radical (unpaired) electrons. The highest BCUT2D eigenvalue weighted by Crippen LogP contribution is 2.19. The van der Waals surface area contributed by atoms with E-state index in [1.165, 1.54) is 25.0 Å². The van der Waals surface area contributed by atoms with Crippen LogP contribution in [0.3, 0.4) is 0 Å². The second-order valence-electron chi connectivity index (χ2n) is 5.73. The van der Waals surface area contributed by atoms with E-state index in [2.05, 4.69) is 11.8 Å². The molecule has 2 unspecified atom stereocenters. The lowest BCUT2D eigenvalue weighted by molar-refractivity contribution is -0.384. The Morgan fingerprint density at radius 1 is 1.57 bits per heavy atom. The number of ether oxygens (including phenoxy) is 1. The highest BCUT2D eigenvalue weighted by molar-refractivity contribution is 5.37. The van der Waals surface area contributed by atoms with Crippen molar-refractivity contribution in [2.75, 3.05) is 26.2 Å². The van der Waals surface area contributed by atoms with Gasteiger partial charge in [-0.05, 0) is 31.4 Å². The largest absolute Gasteiger partial charge is 0.491 e. The first-order valence-corrected chi connectivity index (χ1v) is 7.32. The molecule has 1 aliphatic rings. The maximum atomic E-state index is 10.7. The molecule has 0 amide bonds. The number of piperidine rings is 1. The number of nitrogens with zero attached hydrogens (tertiary/aromatic N) is 2. The number of likely N-dealkylation sites (tertiary alicyclic amines) is 1. The molecular formula is C15H22N2O4. The molecule has 1 fully saturated rings. The van der Waals surface area contributed by atoms with Crippen LogP contribution in [0.15, 0.2) is 24.3 Å². The molecule has 0 bridgehead atoms. The van der Waals surface area contributed by atoms with E-state index in [0.717, 1.165) is 13.1 Å². The number of β-amino-alcohol motifs (C(OH)–C–C–N with tert-alkyl or cyclic N) is 1. The highest BCUT2D eigenvalue weighted by Gasteiger charge is 2.19. The zero-order valence-corrected chi connectivity index (χ0v) is 12.3. The summed E-state index contributed by atoms with van der Waals surface area (Å²) in [6.45, 7) is 4.97. The van der Waals surface area contributed by atoms with Crippen molar-refractivity contribution < 1.29 is 14.8 Å². The van der Waals surface area contributed by atoms with E-state index in [1.54, 1.807) is 12.1 Å². The van der Waals surface area contributed by atoms with Gasteiger partial charge in [0.15, 0.2) is 0 Å². The summed E-state index contributed by atoms with van der Waals surface area (Å²) >= 11 is 0. The fourth-order valence-corrected chi connectivity index (χ4v) is 2.68. The fraction of sp³-hybridized carbons (Fsp3) is 0.600.